The molecule has 0 N–H and O–H groups in total. The van der Waals surface area contributed by atoms with Crippen LogP contribution >= 0.6 is 31.9 Å². The second-order valence-corrected chi connectivity index (χ2v) is 6.93. The van der Waals surface area contributed by atoms with Gasteiger partial charge in [0, 0.05) is 11.2 Å². The number of allylic oxidation sites excluding steroid dienone is 3. The van der Waals surface area contributed by atoms with Crippen LogP contribution < -0.4 is 0 Å². The number of hydrogen-bond acceptors (Lipinski definition) is 2. The minimum absolute atomic E-state index is 0.125. The molecular weight excluding hydrogens is 372 g/mol. The number of terminal acetylenes is 1. The van der Waals surface area contributed by atoms with Crippen molar-refractivity contribution in [3.63, 3.8) is 0 Å². The predicted molar refractivity (Wildman–Crippen MR) is 84.5 cm³/mol. The van der Waals surface area contributed by atoms with E-state index in [1.165, 1.54) is 0 Å². The lowest BCUT2D eigenvalue weighted by atomic mass is 10.1. The van der Waals surface area contributed by atoms with Crippen LogP contribution in [0.3, 0.4) is 0 Å². The molecule has 2 nitrogen and oxygen atoms in total. The maximum absolute atomic E-state index is 6.10. The van der Waals surface area contributed by atoms with Gasteiger partial charge in [-0.15, -0.1) is 6.42 Å². The Morgan fingerprint density at radius 3 is 3.00 bits per heavy atom. The summed E-state index contributed by atoms with van der Waals surface area (Å²) in [6.45, 7) is 2.16. The Morgan fingerprint density at radius 2 is 2.37 bits per heavy atom. The molecule has 2 aliphatic rings. The molecule has 2 saturated heterocycles. The highest BCUT2D eigenvalue weighted by Gasteiger charge is 2.49. The van der Waals surface area contributed by atoms with Gasteiger partial charge in [0.2, 0.25) is 0 Å². The van der Waals surface area contributed by atoms with Crippen LogP contribution in [0.2, 0.25) is 0 Å². The molecule has 5 atom stereocenters. The van der Waals surface area contributed by atoms with E-state index in [9.17, 15) is 0 Å². The van der Waals surface area contributed by atoms with Gasteiger partial charge in [0.15, 0.2) is 0 Å². The average Bonchev–Trinajstić information content (AvgIpc) is 2.95. The van der Waals surface area contributed by atoms with Crippen molar-refractivity contribution >= 4 is 31.9 Å². The quantitative estimate of drug-likeness (QED) is 0.535. The zero-order chi connectivity index (χ0) is 13.8. The summed E-state index contributed by atoms with van der Waals surface area (Å²) in [6, 6.07) is 0. The zero-order valence-electron chi connectivity index (χ0n) is 10.9. The lowest BCUT2D eigenvalue weighted by Gasteiger charge is -2.18. The fourth-order valence-electron chi connectivity index (χ4n) is 2.46. The van der Waals surface area contributed by atoms with Crippen LogP contribution in [-0.2, 0) is 9.47 Å². The minimum Gasteiger partial charge on any atom is -0.491 e. The fourth-order valence-corrected chi connectivity index (χ4v) is 3.56. The first-order valence-electron chi connectivity index (χ1n) is 6.58. The van der Waals surface area contributed by atoms with Crippen LogP contribution in [0.5, 0.6) is 0 Å². The second kappa shape index (κ2) is 6.97. The van der Waals surface area contributed by atoms with Crippen molar-refractivity contribution in [2.24, 2.45) is 0 Å². The lowest BCUT2D eigenvalue weighted by molar-refractivity contribution is 0.0416. The Labute approximate surface area is 131 Å². The van der Waals surface area contributed by atoms with Gasteiger partial charge in [-0.3, -0.25) is 0 Å². The molecule has 0 amide bonds. The van der Waals surface area contributed by atoms with E-state index < -0.39 is 0 Å². The van der Waals surface area contributed by atoms with Crippen LogP contribution in [-0.4, -0.2) is 28.0 Å². The van der Waals surface area contributed by atoms with Crippen LogP contribution in [0.25, 0.3) is 0 Å². The zero-order valence-corrected chi connectivity index (χ0v) is 14.1. The van der Waals surface area contributed by atoms with E-state index >= 15 is 0 Å². The fraction of sp³-hybridized carbons (Fsp3) is 0.600. The third-order valence-electron chi connectivity index (χ3n) is 3.47. The molecule has 0 spiro atoms. The molecule has 0 aromatic rings. The first kappa shape index (κ1) is 15.2. The lowest BCUT2D eigenvalue weighted by Crippen LogP contribution is -2.25. The summed E-state index contributed by atoms with van der Waals surface area (Å²) in [7, 11) is 0. The van der Waals surface area contributed by atoms with E-state index in [-0.39, 0.29) is 23.1 Å². The largest absolute Gasteiger partial charge is 0.491 e. The number of alkyl halides is 2. The van der Waals surface area contributed by atoms with Crippen molar-refractivity contribution in [1.82, 2.24) is 0 Å². The van der Waals surface area contributed by atoms with Crippen molar-refractivity contribution in [3.05, 3.63) is 24.0 Å². The Hall–Kier alpha value is -0.240. The van der Waals surface area contributed by atoms with Crippen LogP contribution in [0, 0.1) is 12.3 Å². The molecule has 4 heteroatoms. The monoisotopic (exact) mass is 388 g/mol. The highest BCUT2D eigenvalue weighted by Crippen LogP contribution is 2.42. The van der Waals surface area contributed by atoms with Gasteiger partial charge in [0.25, 0.3) is 0 Å². The molecule has 104 valence electrons. The number of ether oxygens (including phenoxy) is 2. The topological polar surface area (TPSA) is 18.5 Å². The van der Waals surface area contributed by atoms with Crippen molar-refractivity contribution < 1.29 is 9.47 Å². The maximum atomic E-state index is 6.10. The molecule has 19 heavy (non-hydrogen) atoms. The molecular formula is C15H18Br2O2. The number of fused-ring (bicyclic) bond motifs is 1. The van der Waals surface area contributed by atoms with Gasteiger partial charge in [0.1, 0.15) is 22.8 Å². The third kappa shape index (κ3) is 3.45. The number of hydrogen-bond donors (Lipinski definition) is 0. The van der Waals surface area contributed by atoms with Gasteiger partial charge in [-0.2, -0.15) is 0 Å². The van der Waals surface area contributed by atoms with Gasteiger partial charge in [-0.25, -0.2) is 0 Å². The van der Waals surface area contributed by atoms with E-state index in [2.05, 4.69) is 50.8 Å². The van der Waals surface area contributed by atoms with Gasteiger partial charge in [-0.05, 0) is 25.0 Å². The number of halogens is 2. The molecule has 0 aromatic carbocycles. The summed E-state index contributed by atoms with van der Waals surface area (Å²) >= 11 is 7.35. The Kier molecular flexibility index (Phi) is 5.56. The maximum Gasteiger partial charge on any atom is 0.128 e. The van der Waals surface area contributed by atoms with E-state index in [1.807, 2.05) is 6.08 Å². The van der Waals surface area contributed by atoms with E-state index in [0.717, 1.165) is 25.0 Å². The van der Waals surface area contributed by atoms with Gasteiger partial charge in [0.05, 0.1) is 6.10 Å². The molecule has 2 heterocycles. The second-order valence-electron chi connectivity index (χ2n) is 4.77. The van der Waals surface area contributed by atoms with Crippen molar-refractivity contribution in [1.29, 1.82) is 0 Å². The molecule has 0 saturated carbocycles. The molecule has 2 aliphatic heterocycles. The molecule has 0 unspecified atom stereocenters. The molecule has 0 aliphatic carbocycles. The average molecular weight is 390 g/mol. The summed E-state index contributed by atoms with van der Waals surface area (Å²) in [5.41, 5.74) is 0. The standard InChI is InChI=1S/C15H18Br2O2/c1-3-5-6-7-8-11-14(17)15-13(18-11)9-12(19-15)10(16)4-2/h1,5-6,8,10,12-15H,4,7,9H2,2H3/b6-5-,11-8+/t10-,12-,13+,14-,15-/m1/s1. The van der Waals surface area contributed by atoms with Gasteiger partial charge < -0.3 is 9.47 Å². The third-order valence-corrected chi connectivity index (χ3v) is 5.68. The summed E-state index contributed by atoms with van der Waals surface area (Å²) in [5.74, 6) is 3.45. The molecule has 2 fully saturated rings. The number of rotatable bonds is 4. The predicted octanol–water partition coefficient (Wildman–Crippen LogP) is 3.94. The van der Waals surface area contributed by atoms with Crippen LogP contribution in [0.1, 0.15) is 26.2 Å². The Balaban J connectivity index is 1.93. The van der Waals surface area contributed by atoms with Crippen LogP contribution in [0.15, 0.2) is 24.0 Å². The Morgan fingerprint density at radius 1 is 1.58 bits per heavy atom. The van der Waals surface area contributed by atoms with Gasteiger partial charge in [-0.1, -0.05) is 50.8 Å². The van der Waals surface area contributed by atoms with Crippen LogP contribution in [0.4, 0.5) is 0 Å². The molecule has 2 rings (SSSR count). The van der Waals surface area contributed by atoms with Crippen molar-refractivity contribution in [2.75, 3.05) is 0 Å². The Bertz CT molecular complexity index is 411. The van der Waals surface area contributed by atoms with Gasteiger partial charge >= 0.3 is 0 Å². The summed E-state index contributed by atoms with van der Waals surface area (Å²) in [6.07, 6.45) is 14.2. The minimum atomic E-state index is 0.125. The molecule has 0 radical (unpaired) electrons. The SMILES string of the molecule is C#C/C=C\C/C=C1/O[C@H]2C[C@H]([C@H](Br)CC)O[C@H]2[C@@H]1Br. The smallest absolute Gasteiger partial charge is 0.128 e. The first-order chi connectivity index (χ1) is 9.17. The van der Waals surface area contributed by atoms with E-state index in [0.29, 0.717) is 4.83 Å². The summed E-state index contributed by atoms with van der Waals surface area (Å²) < 4.78 is 12.1. The summed E-state index contributed by atoms with van der Waals surface area (Å²) in [4.78, 5) is 0.561. The van der Waals surface area contributed by atoms with E-state index in [1.54, 1.807) is 6.08 Å². The van der Waals surface area contributed by atoms with E-state index in [4.69, 9.17) is 15.9 Å². The normalized spacial score (nSPS) is 37.3. The highest BCUT2D eigenvalue weighted by molar-refractivity contribution is 9.09. The molecule has 0 aromatic heterocycles. The van der Waals surface area contributed by atoms with Crippen molar-refractivity contribution in [3.8, 4) is 12.3 Å². The first-order valence-corrected chi connectivity index (χ1v) is 8.42. The molecule has 0 bridgehead atoms. The summed E-state index contributed by atoms with van der Waals surface area (Å²) in [5, 5.41) is 0. The highest BCUT2D eigenvalue weighted by atomic mass is 79.9. The van der Waals surface area contributed by atoms with Crippen molar-refractivity contribution in [2.45, 2.75) is 54.2 Å².